The van der Waals surface area contributed by atoms with E-state index in [0.717, 1.165) is 0 Å². The number of anilines is 1. The van der Waals surface area contributed by atoms with Crippen LogP contribution in [0, 0.1) is 0 Å². The number of aliphatic hydroxyl groups excluding tert-OH is 1. The van der Waals surface area contributed by atoms with Gasteiger partial charge in [0.1, 0.15) is 12.0 Å². The molecule has 16 heavy (non-hydrogen) atoms. The predicted octanol–water partition coefficient (Wildman–Crippen LogP) is 1.42. The summed E-state index contributed by atoms with van der Waals surface area (Å²) < 4.78 is 4.94. The summed E-state index contributed by atoms with van der Waals surface area (Å²) in [4.78, 5) is 15.5. The Morgan fingerprint density at radius 2 is 2.12 bits per heavy atom. The van der Waals surface area contributed by atoms with Crippen LogP contribution in [-0.2, 0) is 6.61 Å². The molecule has 5 heteroatoms. The van der Waals surface area contributed by atoms with E-state index in [-0.39, 0.29) is 18.5 Å². The Morgan fingerprint density at radius 1 is 1.38 bits per heavy atom. The number of aliphatic hydroxyl groups is 1. The zero-order chi connectivity index (χ0) is 11.4. The number of rotatable bonds is 3. The fourth-order valence-electron chi connectivity index (χ4n) is 1.20. The number of aromatic nitrogens is 1. The molecule has 0 bridgehead atoms. The summed E-state index contributed by atoms with van der Waals surface area (Å²) in [6.45, 7) is -0.218. The normalized spacial score (nSPS) is 10.1. The minimum absolute atomic E-state index is 0.0814. The SMILES string of the molecule is O=C(Nc1nc(CO)co1)c1ccccc1. The number of hydrogen-bond acceptors (Lipinski definition) is 4. The van der Waals surface area contributed by atoms with Gasteiger partial charge in [0.25, 0.3) is 5.91 Å². The average Bonchev–Trinajstić information content (AvgIpc) is 2.78. The molecule has 5 nitrogen and oxygen atoms in total. The van der Waals surface area contributed by atoms with Gasteiger partial charge >= 0.3 is 6.01 Å². The number of oxazole rings is 1. The molecular weight excluding hydrogens is 208 g/mol. The first kappa shape index (κ1) is 10.4. The van der Waals surface area contributed by atoms with Crippen molar-refractivity contribution in [2.45, 2.75) is 6.61 Å². The van der Waals surface area contributed by atoms with E-state index in [1.165, 1.54) is 6.26 Å². The van der Waals surface area contributed by atoms with E-state index in [2.05, 4.69) is 10.3 Å². The monoisotopic (exact) mass is 218 g/mol. The molecule has 2 N–H and O–H groups in total. The quantitative estimate of drug-likeness (QED) is 0.816. The second kappa shape index (κ2) is 4.59. The predicted molar refractivity (Wildman–Crippen MR) is 56.8 cm³/mol. The summed E-state index contributed by atoms with van der Waals surface area (Å²) >= 11 is 0. The molecule has 0 aliphatic heterocycles. The lowest BCUT2D eigenvalue weighted by atomic mass is 10.2. The van der Waals surface area contributed by atoms with Gasteiger partial charge in [-0.3, -0.25) is 10.1 Å². The van der Waals surface area contributed by atoms with Crippen LogP contribution in [0.15, 0.2) is 41.0 Å². The first-order valence-electron chi connectivity index (χ1n) is 4.71. The van der Waals surface area contributed by atoms with Crippen molar-refractivity contribution in [2.75, 3.05) is 5.32 Å². The highest BCUT2D eigenvalue weighted by atomic mass is 16.4. The highest BCUT2D eigenvalue weighted by molar-refractivity contribution is 6.03. The van der Waals surface area contributed by atoms with Crippen LogP contribution in [0.5, 0.6) is 0 Å². The molecule has 1 aromatic carbocycles. The largest absolute Gasteiger partial charge is 0.432 e. The molecule has 0 saturated heterocycles. The van der Waals surface area contributed by atoms with Crippen molar-refractivity contribution >= 4 is 11.9 Å². The van der Waals surface area contributed by atoms with Crippen LogP contribution in [0.1, 0.15) is 16.1 Å². The standard InChI is InChI=1S/C11H10N2O3/c14-6-9-7-16-11(12-9)13-10(15)8-4-2-1-3-5-8/h1-5,7,14H,6H2,(H,12,13,15). The Hall–Kier alpha value is -2.14. The summed E-state index contributed by atoms with van der Waals surface area (Å²) in [5.41, 5.74) is 0.898. The molecule has 0 unspecified atom stereocenters. The molecule has 1 amide bonds. The van der Waals surface area contributed by atoms with Crippen LogP contribution in [0.25, 0.3) is 0 Å². The summed E-state index contributed by atoms with van der Waals surface area (Å²) in [5, 5.41) is 11.3. The van der Waals surface area contributed by atoms with E-state index >= 15 is 0 Å². The van der Waals surface area contributed by atoms with Crippen molar-refractivity contribution in [1.82, 2.24) is 4.98 Å². The number of carbonyl (C=O) groups is 1. The molecule has 82 valence electrons. The lowest BCUT2D eigenvalue weighted by Crippen LogP contribution is -2.11. The number of amides is 1. The number of benzene rings is 1. The van der Waals surface area contributed by atoms with Crippen LogP contribution in [-0.4, -0.2) is 16.0 Å². The number of hydrogen-bond donors (Lipinski definition) is 2. The maximum atomic E-state index is 11.6. The smallest absolute Gasteiger partial charge is 0.301 e. The highest BCUT2D eigenvalue weighted by Crippen LogP contribution is 2.09. The van der Waals surface area contributed by atoms with Crippen molar-refractivity contribution in [2.24, 2.45) is 0 Å². The number of carbonyl (C=O) groups excluding carboxylic acids is 1. The van der Waals surface area contributed by atoms with Gasteiger partial charge in [0.05, 0.1) is 6.61 Å². The molecule has 0 fully saturated rings. The number of nitrogens with zero attached hydrogens (tertiary/aromatic N) is 1. The Kier molecular flexibility index (Phi) is 2.98. The van der Waals surface area contributed by atoms with Gasteiger partial charge in [0.15, 0.2) is 0 Å². The van der Waals surface area contributed by atoms with Crippen LogP contribution in [0.3, 0.4) is 0 Å². The zero-order valence-corrected chi connectivity index (χ0v) is 8.38. The topological polar surface area (TPSA) is 75.4 Å². The van der Waals surface area contributed by atoms with E-state index in [4.69, 9.17) is 9.52 Å². The molecule has 0 aliphatic carbocycles. The molecule has 1 aromatic heterocycles. The van der Waals surface area contributed by atoms with Crippen molar-refractivity contribution in [3.63, 3.8) is 0 Å². The van der Waals surface area contributed by atoms with Gasteiger partial charge in [-0.05, 0) is 12.1 Å². The Morgan fingerprint density at radius 3 is 2.75 bits per heavy atom. The zero-order valence-electron chi connectivity index (χ0n) is 8.38. The molecule has 0 radical (unpaired) electrons. The average molecular weight is 218 g/mol. The van der Waals surface area contributed by atoms with Crippen molar-refractivity contribution < 1.29 is 14.3 Å². The summed E-state index contributed by atoms with van der Waals surface area (Å²) in [7, 11) is 0. The van der Waals surface area contributed by atoms with Gasteiger partial charge in [-0.25, -0.2) is 0 Å². The molecule has 1 heterocycles. The molecule has 0 aliphatic rings. The minimum atomic E-state index is -0.299. The van der Waals surface area contributed by atoms with Gasteiger partial charge in [-0.2, -0.15) is 4.98 Å². The molecule has 0 saturated carbocycles. The van der Waals surface area contributed by atoms with Gasteiger partial charge < -0.3 is 9.52 Å². The van der Waals surface area contributed by atoms with E-state index < -0.39 is 0 Å². The van der Waals surface area contributed by atoms with Crippen LogP contribution >= 0.6 is 0 Å². The summed E-state index contributed by atoms with van der Waals surface area (Å²) in [6, 6.07) is 8.81. The van der Waals surface area contributed by atoms with E-state index in [0.29, 0.717) is 11.3 Å². The summed E-state index contributed by atoms with van der Waals surface area (Å²) in [6.07, 6.45) is 1.29. The fourth-order valence-corrected chi connectivity index (χ4v) is 1.20. The Balaban J connectivity index is 2.08. The first-order chi connectivity index (χ1) is 7.79. The third kappa shape index (κ3) is 2.26. The van der Waals surface area contributed by atoms with Gasteiger partial charge in [0.2, 0.25) is 0 Å². The Bertz CT molecular complexity index is 479. The van der Waals surface area contributed by atoms with Crippen molar-refractivity contribution in [3.8, 4) is 0 Å². The summed E-state index contributed by atoms with van der Waals surface area (Å²) in [5.74, 6) is -0.299. The Labute approximate surface area is 91.7 Å². The number of nitrogens with one attached hydrogen (secondary N) is 1. The molecule has 2 rings (SSSR count). The lowest BCUT2D eigenvalue weighted by Gasteiger charge is -1.99. The maximum absolute atomic E-state index is 11.6. The molecule has 0 spiro atoms. The van der Waals surface area contributed by atoms with Gasteiger partial charge in [-0.1, -0.05) is 18.2 Å². The molecule has 2 aromatic rings. The van der Waals surface area contributed by atoms with Crippen LogP contribution in [0.4, 0.5) is 6.01 Å². The van der Waals surface area contributed by atoms with Gasteiger partial charge in [-0.15, -0.1) is 0 Å². The highest BCUT2D eigenvalue weighted by Gasteiger charge is 2.09. The second-order valence-corrected chi connectivity index (χ2v) is 3.12. The van der Waals surface area contributed by atoms with Crippen molar-refractivity contribution in [1.29, 1.82) is 0 Å². The fraction of sp³-hybridized carbons (Fsp3) is 0.0909. The second-order valence-electron chi connectivity index (χ2n) is 3.12. The van der Waals surface area contributed by atoms with Crippen LogP contribution < -0.4 is 5.32 Å². The lowest BCUT2D eigenvalue weighted by molar-refractivity contribution is 0.102. The van der Waals surface area contributed by atoms with Gasteiger partial charge in [0, 0.05) is 5.56 Å². The maximum Gasteiger partial charge on any atom is 0.301 e. The van der Waals surface area contributed by atoms with E-state index in [1.807, 2.05) is 6.07 Å². The third-order valence-electron chi connectivity index (χ3n) is 1.97. The van der Waals surface area contributed by atoms with Crippen LogP contribution in [0.2, 0.25) is 0 Å². The minimum Gasteiger partial charge on any atom is -0.432 e. The molecular formula is C11H10N2O3. The molecule has 0 atom stereocenters. The third-order valence-corrected chi connectivity index (χ3v) is 1.97. The first-order valence-corrected chi connectivity index (χ1v) is 4.71. The van der Waals surface area contributed by atoms with Crippen molar-refractivity contribution in [3.05, 3.63) is 47.9 Å². The van der Waals surface area contributed by atoms with E-state index in [9.17, 15) is 4.79 Å². The van der Waals surface area contributed by atoms with E-state index in [1.54, 1.807) is 24.3 Å².